The van der Waals surface area contributed by atoms with Gasteiger partial charge in [0.1, 0.15) is 16.2 Å². The van der Waals surface area contributed by atoms with Crippen molar-refractivity contribution in [3.8, 4) is 11.5 Å². The van der Waals surface area contributed by atoms with Gasteiger partial charge in [0.15, 0.2) is 9.60 Å². The number of aromatic nitrogens is 3. The lowest BCUT2D eigenvalue weighted by molar-refractivity contribution is 0.300. The van der Waals surface area contributed by atoms with Gasteiger partial charge in [-0.25, -0.2) is 4.98 Å². The first-order chi connectivity index (χ1) is 12.6. The Hall–Kier alpha value is -2.45. The van der Waals surface area contributed by atoms with Crippen molar-refractivity contribution in [2.24, 2.45) is 0 Å². The molecule has 0 radical (unpaired) electrons. The van der Waals surface area contributed by atoms with Crippen molar-refractivity contribution in [2.45, 2.75) is 19.5 Å². The molecule has 0 aliphatic heterocycles. The van der Waals surface area contributed by atoms with Crippen LogP contribution in [0, 0.1) is 3.95 Å². The molecule has 0 aliphatic carbocycles. The van der Waals surface area contributed by atoms with E-state index in [1.807, 2.05) is 28.8 Å². The van der Waals surface area contributed by atoms with E-state index in [2.05, 4.69) is 11.6 Å². The minimum Gasteiger partial charge on any atom is -0.497 e. The molecule has 6 nitrogen and oxygen atoms in total. The molecule has 0 fully saturated rings. The van der Waals surface area contributed by atoms with Crippen LogP contribution in [0.4, 0.5) is 0 Å². The highest BCUT2D eigenvalue weighted by Gasteiger charge is 2.11. The number of rotatable bonds is 8. The van der Waals surface area contributed by atoms with Gasteiger partial charge in [-0.05, 0) is 42.9 Å². The Labute approximate surface area is 160 Å². The molecular formula is C18H19N3O3S2. The predicted octanol–water partition coefficient (Wildman–Crippen LogP) is 3.65. The highest BCUT2D eigenvalue weighted by Crippen LogP contribution is 2.18. The minimum atomic E-state index is -0.0710. The van der Waals surface area contributed by atoms with Gasteiger partial charge in [0.25, 0.3) is 5.56 Å². The molecular weight excluding hydrogens is 370 g/mol. The molecule has 3 rings (SSSR count). The van der Waals surface area contributed by atoms with E-state index in [1.54, 1.807) is 24.1 Å². The lowest BCUT2D eigenvalue weighted by atomic mass is 10.3. The largest absolute Gasteiger partial charge is 0.497 e. The van der Waals surface area contributed by atoms with Gasteiger partial charge in [0.05, 0.1) is 20.0 Å². The predicted molar refractivity (Wildman–Crippen MR) is 106 cm³/mol. The Bertz CT molecular complexity index is 1020. The van der Waals surface area contributed by atoms with E-state index in [4.69, 9.17) is 21.7 Å². The fourth-order valence-electron chi connectivity index (χ4n) is 2.52. The molecule has 136 valence electrons. The molecule has 1 aromatic carbocycles. The molecule has 0 atom stereocenters. The summed E-state index contributed by atoms with van der Waals surface area (Å²) in [6.45, 7) is 5.30. The van der Waals surface area contributed by atoms with Gasteiger partial charge in [-0.15, -0.1) is 6.58 Å². The Morgan fingerprint density at radius 2 is 2.04 bits per heavy atom. The normalized spacial score (nSPS) is 10.8. The van der Waals surface area contributed by atoms with Crippen molar-refractivity contribution in [2.75, 3.05) is 13.7 Å². The standard InChI is InChI=1S/C18H19N3O3S2/c1-3-9-21-16-15(26-18(21)25)17(22)20(12-19-16)10-4-11-24-14-7-5-13(23-2)6-8-14/h3,5-8,12H,1,4,9-11H2,2H3. The maximum Gasteiger partial charge on any atom is 0.272 e. The molecule has 26 heavy (non-hydrogen) atoms. The van der Waals surface area contributed by atoms with Gasteiger partial charge < -0.3 is 14.0 Å². The number of ether oxygens (including phenoxy) is 2. The van der Waals surface area contributed by atoms with Crippen molar-refractivity contribution in [1.82, 2.24) is 14.1 Å². The number of methoxy groups -OCH3 is 1. The van der Waals surface area contributed by atoms with Crippen LogP contribution in [0.25, 0.3) is 10.3 Å². The highest BCUT2D eigenvalue weighted by atomic mass is 32.1. The summed E-state index contributed by atoms with van der Waals surface area (Å²) in [4.78, 5) is 17.0. The zero-order chi connectivity index (χ0) is 18.5. The summed E-state index contributed by atoms with van der Waals surface area (Å²) >= 11 is 6.61. The third-order valence-electron chi connectivity index (χ3n) is 3.83. The molecule has 0 aliphatic rings. The van der Waals surface area contributed by atoms with E-state index >= 15 is 0 Å². The zero-order valence-electron chi connectivity index (χ0n) is 14.4. The monoisotopic (exact) mass is 389 g/mol. The van der Waals surface area contributed by atoms with E-state index in [0.29, 0.717) is 40.4 Å². The number of allylic oxidation sites excluding steroid dienone is 1. The second-order valence-electron chi connectivity index (χ2n) is 5.54. The summed E-state index contributed by atoms with van der Waals surface area (Å²) in [6, 6.07) is 7.40. The molecule has 0 unspecified atom stereocenters. The summed E-state index contributed by atoms with van der Waals surface area (Å²) in [6.07, 6.45) is 4.00. The van der Waals surface area contributed by atoms with E-state index in [0.717, 1.165) is 11.5 Å². The van der Waals surface area contributed by atoms with E-state index < -0.39 is 0 Å². The minimum absolute atomic E-state index is 0.0710. The first-order valence-electron chi connectivity index (χ1n) is 8.10. The van der Waals surface area contributed by atoms with Crippen LogP contribution in [-0.2, 0) is 13.1 Å². The second kappa shape index (κ2) is 8.29. The van der Waals surface area contributed by atoms with Crippen LogP contribution in [0.15, 0.2) is 48.0 Å². The van der Waals surface area contributed by atoms with Gasteiger partial charge in [0, 0.05) is 13.1 Å². The Balaban J connectivity index is 1.65. The fraction of sp³-hybridized carbons (Fsp3) is 0.278. The average Bonchev–Trinajstić information content (AvgIpc) is 2.98. The number of thiazole rings is 1. The van der Waals surface area contributed by atoms with Crippen LogP contribution >= 0.6 is 23.6 Å². The number of fused-ring (bicyclic) bond motifs is 1. The van der Waals surface area contributed by atoms with Crippen LogP contribution in [0.2, 0.25) is 0 Å². The average molecular weight is 390 g/mol. The highest BCUT2D eigenvalue weighted by molar-refractivity contribution is 7.73. The fourth-order valence-corrected chi connectivity index (χ4v) is 3.83. The molecule has 0 bridgehead atoms. The third-order valence-corrected chi connectivity index (χ3v) is 5.25. The van der Waals surface area contributed by atoms with E-state index in [9.17, 15) is 4.79 Å². The zero-order valence-corrected chi connectivity index (χ0v) is 16.0. The SMILES string of the molecule is C=CCn1c(=S)sc2c(=O)n(CCCOc3ccc(OC)cc3)cnc21. The number of benzene rings is 1. The third kappa shape index (κ3) is 3.86. The Morgan fingerprint density at radius 3 is 2.73 bits per heavy atom. The van der Waals surface area contributed by atoms with Crippen molar-refractivity contribution < 1.29 is 9.47 Å². The quantitative estimate of drug-likeness (QED) is 0.334. The van der Waals surface area contributed by atoms with Crippen LogP contribution in [0.1, 0.15) is 6.42 Å². The van der Waals surface area contributed by atoms with Crippen LogP contribution in [-0.4, -0.2) is 27.8 Å². The van der Waals surface area contributed by atoms with Crippen molar-refractivity contribution in [1.29, 1.82) is 0 Å². The smallest absolute Gasteiger partial charge is 0.272 e. The van der Waals surface area contributed by atoms with Gasteiger partial charge in [-0.1, -0.05) is 17.4 Å². The number of hydrogen-bond acceptors (Lipinski definition) is 6. The molecule has 3 aromatic rings. The topological polar surface area (TPSA) is 58.3 Å². The Morgan fingerprint density at radius 1 is 1.31 bits per heavy atom. The van der Waals surface area contributed by atoms with Crippen LogP contribution < -0.4 is 15.0 Å². The first-order valence-corrected chi connectivity index (χ1v) is 9.33. The Kier molecular flexibility index (Phi) is 5.85. The molecule has 0 amide bonds. The second-order valence-corrected chi connectivity index (χ2v) is 7.18. The van der Waals surface area contributed by atoms with Crippen molar-refractivity contribution in [3.63, 3.8) is 0 Å². The maximum atomic E-state index is 12.6. The lowest BCUT2D eigenvalue weighted by Gasteiger charge is -2.08. The number of hydrogen-bond donors (Lipinski definition) is 0. The van der Waals surface area contributed by atoms with E-state index in [-0.39, 0.29) is 5.56 Å². The summed E-state index contributed by atoms with van der Waals surface area (Å²) in [5.74, 6) is 1.56. The first kappa shape index (κ1) is 18.3. The molecule has 0 N–H and O–H groups in total. The van der Waals surface area contributed by atoms with Gasteiger partial charge >= 0.3 is 0 Å². The van der Waals surface area contributed by atoms with Crippen LogP contribution in [0.3, 0.4) is 0 Å². The molecule has 2 heterocycles. The van der Waals surface area contributed by atoms with E-state index in [1.165, 1.54) is 11.3 Å². The lowest BCUT2D eigenvalue weighted by Crippen LogP contribution is -2.21. The molecule has 0 saturated carbocycles. The molecule has 0 spiro atoms. The molecule has 0 saturated heterocycles. The molecule has 8 heteroatoms. The van der Waals surface area contributed by atoms with Gasteiger partial charge in [-0.3, -0.25) is 9.36 Å². The van der Waals surface area contributed by atoms with Gasteiger partial charge in [0.2, 0.25) is 0 Å². The number of nitrogens with zero attached hydrogens (tertiary/aromatic N) is 3. The summed E-state index contributed by atoms with van der Waals surface area (Å²) < 4.78 is 15.4. The number of aryl methyl sites for hydroxylation is 1. The summed E-state index contributed by atoms with van der Waals surface area (Å²) in [7, 11) is 1.62. The summed E-state index contributed by atoms with van der Waals surface area (Å²) in [5.41, 5.74) is 0.550. The molecule has 2 aromatic heterocycles. The van der Waals surface area contributed by atoms with Crippen molar-refractivity contribution >= 4 is 33.9 Å². The van der Waals surface area contributed by atoms with Crippen molar-refractivity contribution in [3.05, 3.63) is 57.6 Å². The summed E-state index contributed by atoms with van der Waals surface area (Å²) in [5, 5.41) is 0. The van der Waals surface area contributed by atoms with Crippen LogP contribution in [0.5, 0.6) is 11.5 Å². The maximum absolute atomic E-state index is 12.6. The van der Waals surface area contributed by atoms with Gasteiger partial charge in [-0.2, -0.15) is 0 Å².